The first-order valence-corrected chi connectivity index (χ1v) is 17.0. The first-order chi connectivity index (χ1) is 19.9. The lowest BCUT2D eigenvalue weighted by Gasteiger charge is -2.32. The van der Waals surface area contributed by atoms with Crippen molar-refractivity contribution in [2.45, 2.75) is 115 Å². The molecule has 10 nitrogen and oxygen atoms in total. The molecule has 2 amide bonds. The molecule has 0 spiro atoms. The van der Waals surface area contributed by atoms with Gasteiger partial charge in [0.25, 0.3) is 0 Å². The summed E-state index contributed by atoms with van der Waals surface area (Å²) in [5, 5.41) is 9.98. The van der Waals surface area contributed by atoms with Crippen LogP contribution in [0.4, 0.5) is 0 Å². The molecule has 7 atom stereocenters. The average molecular weight is 623 g/mol. The van der Waals surface area contributed by atoms with Crippen LogP contribution in [-0.4, -0.2) is 71.5 Å². The molecule has 0 bridgehead atoms. The SMILES string of the molecule is C=CC(C)CCC[C@@H](C)[C@H](CC(=O)OC(C)(C)C)C(=O)N1C[C@H](O)CC1C(=O)C[C@]1(C(=O)NS(=O)(=O)C2CC2)C[C@H]1C=C. The van der Waals surface area contributed by atoms with E-state index in [4.69, 9.17) is 4.74 Å². The van der Waals surface area contributed by atoms with Crippen LogP contribution in [0.15, 0.2) is 25.3 Å². The van der Waals surface area contributed by atoms with Crippen molar-refractivity contribution in [3.05, 3.63) is 25.3 Å². The van der Waals surface area contributed by atoms with Crippen LogP contribution in [0.5, 0.6) is 0 Å². The number of rotatable bonds is 16. The van der Waals surface area contributed by atoms with E-state index in [9.17, 15) is 32.7 Å². The summed E-state index contributed by atoms with van der Waals surface area (Å²) in [5.74, 6) is -3.10. The average Bonchev–Trinajstić information content (AvgIpc) is 3.82. The summed E-state index contributed by atoms with van der Waals surface area (Å²) in [6.07, 6.45) is 5.69. The predicted molar refractivity (Wildman–Crippen MR) is 163 cm³/mol. The lowest BCUT2D eigenvalue weighted by Crippen LogP contribution is -2.47. The number of aliphatic hydroxyl groups is 1. The van der Waals surface area contributed by atoms with Gasteiger partial charge in [-0.05, 0) is 70.6 Å². The molecule has 1 heterocycles. The van der Waals surface area contributed by atoms with Crippen LogP contribution in [0.1, 0.15) is 92.4 Å². The highest BCUT2D eigenvalue weighted by atomic mass is 32.2. The molecule has 0 aromatic heterocycles. The molecular weight excluding hydrogens is 572 g/mol. The van der Waals surface area contributed by atoms with Gasteiger partial charge in [0, 0.05) is 19.4 Å². The zero-order valence-electron chi connectivity index (χ0n) is 26.3. The number of ether oxygens (including phenoxy) is 1. The highest BCUT2D eigenvalue weighted by Crippen LogP contribution is 2.57. The number of hydrogen-bond donors (Lipinski definition) is 2. The van der Waals surface area contributed by atoms with E-state index in [1.165, 1.54) is 4.90 Å². The van der Waals surface area contributed by atoms with Crippen LogP contribution >= 0.6 is 0 Å². The molecule has 3 aliphatic rings. The third kappa shape index (κ3) is 9.00. The van der Waals surface area contributed by atoms with Crippen LogP contribution in [0.2, 0.25) is 0 Å². The topological polar surface area (TPSA) is 147 Å². The standard InChI is InChI=1S/C32H50N2O8S/c1-8-20(3)11-10-12-21(4)25(16-28(37)42-31(5,6)7)29(38)34-19-23(35)15-26(34)27(36)18-32(17-22(32)9-2)30(39)33-43(40,41)24-13-14-24/h8-9,20-26,35H,1-2,10-19H2,3-7H3,(H,33,39)/t20?,21-,22-,23-,25+,26?,32-/m1/s1. The number of sulfonamides is 1. The van der Waals surface area contributed by atoms with Gasteiger partial charge in [0.05, 0.1) is 35.1 Å². The number of β-amino-alcohol motifs (C(OH)–C–C–N with tert-alkyl or cyclic N) is 1. The van der Waals surface area contributed by atoms with Crippen LogP contribution in [-0.2, 0) is 33.9 Å². The number of esters is 1. The van der Waals surface area contributed by atoms with Gasteiger partial charge in [-0.15, -0.1) is 13.2 Å². The quantitative estimate of drug-likeness (QED) is 0.196. The number of nitrogens with zero attached hydrogens (tertiary/aromatic N) is 1. The maximum absolute atomic E-state index is 14.1. The minimum Gasteiger partial charge on any atom is -0.460 e. The first kappa shape index (κ1) is 35.0. The smallest absolute Gasteiger partial charge is 0.307 e. The number of amides is 2. The van der Waals surface area contributed by atoms with Crippen molar-refractivity contribution in [3.63, 3.8) is 0 Å². The number of hydrogen-bond acceptors (Lipinski definition) is 8. The number of Topliss-reactive ketones (excluding diaryl/α,β-unsaturated/α-hetero) is 1. The summed E-state index contributed by atoms with van der Waals surface area (Å²) < 4.78 is 32.6. The minimum absolute atomic E-state index is 0.00574. The summed E-state index contributed by atoms with van der Waals surface area (Å²) >= 11 is 0. The van der Waals surface area contributed by atoms with Crippen LogP contribution < -0.4 is 4.72 Å². The second-order valence-electron chi connectivity index (χ2n) is 13.9. The maximum Gasteiger partial charge on any atom is 0.307 e. The fraction of sp³-hybridized carbons (Fsp3) is 0.750. The zero-order valence-corrected chi connectivity index (χ0v) is 27.2. The number of ketones is 1. The van der Waals surface area contributed by atoms with Crippen molar-refractivity contribution in [1.82, 2.24) is 9.62 Å². The maximum atomic E-state index is 14.1. The minimum atomic E-state index is -3.81. The van der Waals surface area contributed by atoms with Crippen molar-refractivity contribution in [2.24, 2.45) is 29.1 Å². The van der Waals surface area contributed by atoms with E-state index in [1.807, 2.05) is 13.0 Å². The van der Waals surface area contributed by atoms with Crippen molar-refractivity contribution in [3.8, 4) is 0 Å². The molecular formula is C32H50N2O8S. The first-order valence-electron chi connectivity index (χ1n) is 15.5. The molecule has 1 aliphatic heterocycles. The predicted octanol–water partition coefficient (Wildman–Crippen LogP) is 3.68. The van der Waals surface area contributed by atoms with E-state index in [1.54, 1.807) is 26.8 Å². The summed E-state index contributed by atoms with van der Waals surface area (Å²) in [6.45, 7) is 16.7. The molecule has 1 saturated heterocycles. The highest BCUT2D eigenvalue weighted by molar-refractivity contribution is 7.90. The summed E-state index contributed by atoms with van der Waals surface area (Å²) in [5.41, 5.74) is -1.99. The lowest BCUT2D eigenvalue weighted by atomic mass is 9.84. The van der Waals surface area contributed by atoms with Crippen molar-refractivity contribution in [2.75, 3.05) is 6.54 Å². The normalized spacial score (nSPS) is 27.5. The molecule has 2 unspecified atom stereocenters. The van der Waals surface area contributed by atoms with Crippen LogP contribution in [0.3, 0.4) is 0 Å². The third-order valence-corrected chi connectivity index (χ3v) is 10.8. The number of likely N-dealkylation sites (tertiary alicyclic amines) is 1. The van der Waals surface area contributed by atoms with Gasteiger partial charge >= 0.3 is 5.97 Å². The molecule has 2 aliphatic carbocycles. The Balaban J connectivity index is 1.79. The Morgan fingerprint density at radius 2 is 1.79 bits per heavy atom. The van der Waals surface area contributed by atoms with Gasteiger partial charge in [0.15, 0.2) is 5.78 Å². The molecule has 242 valence electrons. The van der Waals surface area contributed by atoms with Gasteiger partial charge in [-0.3, -0.25) is 23.9 Å². The van der Waals surface area contributed by atoms with E-state index in [0.717, 1.165) is 12.8 Å². The molecule has 2 saturated carbocycles. The Morgan fingerprint density at radius 1 is 1.14 bits per heavy atom. The van der Waals surface area contributed by atoms with E-state index >= 15 is 0 Å². The summed E-state index contributed by atoms with van der Waals surface area (Å²) in [4.78, 5) is 55.3. The summed E-state index contributed by atoms with van der Waals surface area (Å²) in [6, 6.07) is -0.993. The van der Waals surface area contributed by atoms with Gasteiger partial charge in [-0.25, -0.2) is 8.42 Å². The van der Waals surface area contributed by atoms with Crippen molar-refractivity contribution in [1.29, 1.82) is 0 Å². The van der Waals surface area contributed by atoms with Gasteiger partial charge in [0.1, 0.15) is 5.60 Å². The Bertz CT molecular complexity index is 1200. The molecule has 3 fully saturated rings. The van der Waals surface area contributed by atoms with E-state index in [2.05, 4.69) is 24.8 Å². The zero-order chi connectivity index (χ0) is 32.3. The van der Waals surface area contributed by atoms with E-state index in [0.29, 0.717) is 25.2 Å². The highest BCUT2D eigenvalue weighted by Gasteiger charge is 2.61. The Morgan fingerprint density at radius 3 is 2.33 bits per heavy atom. The van der Waals surface area contributed by atoms with Gasteiger partial charge < -0.3 is 14.7 Å². The van der Waals surface area contributed by atoms with E-state index in [-0.39, 0.29) is 44.1 Å². The molecule has 11 heteroatoms. The number of carbonyl (C=O) groups excluding carboxylic acids is 4. The van der Waals surface area contributed by atoms with Gasteiger partial charge in [-0.1, -0.05) is 32.4 Å². The summed E-state index contributed by atoms with van der Waals surface area (Å²) in [7, 11) is -3.81. The molecule has 0 aromatic rings. The van der Waals surface area contributed by atoms with Crippen molar-refractivity contribution >= 4 is 33.6 Å². The van der Waals surface area contributed by atoms with Gasteiger partial charge in [0.2, 0.25) is 21.8 Å². The molecule has 3 rings (SSSR count). The Labute approximate surface area is 256 Å². The Kier molecular flexibility index (Phi) is 11.1. The number of aliphatic hydroxyl groups excluding tert-OH is 1. The second-order valence-corrected chi connectivity index (χ2v) is 15.9. The second kappa shape index (κ2) is 13.6. The van der Waals surface area contributed by atoms with Gasteiger partial charge in [-0.2, -0.15) is 0 Å². The monoisotopic (exact) mass is 622 g/mol. The van der Waals surface area contributed by atoms with Crippen LogP contribution in [0, 0.1) is 29.1 Å². The van der Waals surface area contributed by atoms with E-state index < -0.39 is 67.9 Å². The number of nitrogens with one attached hydrogen (secondary N) is 1. The van der Waals surface area contributed by atoms with Crippen LogP contribution in [0.25, 0.3) is 0 Å². The molecule has 43 heavy (non-hydrogen) atoms. The number of carbonyl (C=O) groups is 4. The Hall–Kier alpha value is -2.53. The van der Waals surface area contributed by atoms with Crippen molar-refractivity contribution < 1.29 is 37.4 Å². The fourth-order valence-corrected chi connectivity index (χ4v) is 7.44. The third-order valence-electron chi connectivity index (χ3n) is 9.02. The lowest BCUT2D eigenvalue weighted by molar-refractivity contribution is -0.159. The molecule has 0 radical (unpaired) electrons. The molecule has 0 aromatic carbocycles. The largest absolute Gasteiger partial charge is 0.460 e. The fourth-order valence-electron chi connectivity index (χ4n) is 6.06. The molecule has 2 N–H and O–H groups in total. The number of allylic oxidation sites excluding steroid dienone is 2.